The fourth-order valence-corrected chi connectivity index (χ4v) is 1.50. The second kappa shape index (κ2) is 2.17. The van der Waals surface area contributed by atoms with Crippen LogP contribution in [-0.4, -0.2) is 41.9 Å². The minimum atomic E-state index is -0.553. The van der Waals surface area contributed by atoms with Crippen LogP contribution >= 0.6 is 0 Å². The highest BCUT2D eigenvalue weighted by molar-refractivity contribution is 4.88. The maximum atomic E-state index is 9.20. The average molecular weight is 146 g/mol. The molecule has 0 aromatic rings. The van der Waals surface area contributed by atoms with Crippen molar-refractivity contribution in [1.82, 2.24) is 0 Å². The van der Waals surface area contributed by atoms with Crippen molar-refractivity contribution in [3.05, 3.63) is 0 Å². The number of hydrogen-bond donors (Lipinski definition) is 2. The molecule has 10 heavy (non-hydrogen) atoms. The van der Waals surface area contributed by atoms with E-state index < -0.39 is 12.2 Å². The van der Waals surface area contributed by atoms with E-state index >= 15 is 0 Å². The fraction of sp³-hybridized carbons (Fsp3) is 1.00. The van der Waals surface area contributed by atoms with Gasteiger partial charge in [0.1, 0.15) is 0 Å². The molecule has 0 radical (unpaired) electrons. The van der Waals surface area contributed by atoms with Gasteiger partial charge in [0.2, 0.25) is 0 Å². The molecule has 2 heterocycles. The molecule has 0 aromatic heterocycles. The summed E-state index contributed by atoms with van der Waals surface area (Å²) in [5.41, 5.74) is 0. The van der Waals surface area contributed by atoms with Crippen molar-refractivity contribution in [2.75, 3.05) is 13.2 Å². The molecule has 2 rings (SSSR count). The lowest BCUT2D eigenvalue weighted by atomic mass is 10.0. The number of aliphatic hydroxyl groups excluding tert-OH is 2. The summed E-state index contributed by atoms with van der Waals surface area (Å²) in [6.45, 7) is 0.568. The molecule has 2 atom stereocenters. The standard InChI is InChI=1S/C6H10O4/c7-3-1-9-6-5(3)4(8)2-10-6/h3-8H,1-2H2/t3-,4-,5?,6?/m0/s1. The van der Waals surface area contributed by atoms with Crippen LogP contribution in [0.5, 0.6) is 0 Å². The smallest absolute Gasteiger partial charge is 0.165 e. The van der Waals surface area contributed by atoms with Crippen LogP contribution in [0, 0.1) is 5.92 Å². The van der Waals surface area contributed by atoms with E-state index in [0.29, 0.717) is 0 Å². The minimum absolute atomic E-state index is 0.222. The summed E-state index contributed by atoms with van der Waals surface area (Å²) in [6.07, 6.45) is -1.48. The molecule has 4 heteroatoms. The zero-order valence-corrected chi connectivity index (χ0v) is 5.43. The summed E-state index contributed by atoms with van der Waals surface area (Å²) in [6, 6.07) is 0. The third kappa shape index (κ3) is 0.769. The number of aliphatic hydroxyl groups is 2. The van der Waals surface area contributed by atoms with Crippen LogP contribution in [0.1, 0.15) is 0 Å². The van der Waals surface area contributed by atoms with Gasteiger partial charge in [0.25, 0.3) is 0 Å². The van der Waals surface area contributed by atoms with Gasteiger partial charge in [0, 0.05) is 0 Å². The molecular weight excluding hydrogens is 136 g/mol. The topological polar surface area (TPSA) is 58.9 Å². The Labute approximate surface area is 58.4 Å². The number of rotatable bonds is 0. The maximum absolute atomic E-state index is 9.20. The van der Waals surface area contributed by atoms with E-state index in [1.807, 2.05) is 0 Å². The first-order valence-corrected chi connectivity index (χ1v) is 3.38. The lowest BCUT2D eigenvalue weighted by Gasteiger charge is -2.11. The average Bonchev–Trinajstić information content (AvgIpc) is 2.40. The SMILES string of the molecule is O[C@H]1COC2OC[C@H](O)C21. The van der Waals surface area contributed by atoms with E-state index in [0.717, 1.165) is 0 Å². The first-order valence-electron chi connectivity index (χ1n) is 3.38. The molecule has 0 amide bonds. The van der Waals surface area contributed by atoms with E-state index in [4.69, 9.17) is 9.47 Å². The molecule has 0 aromatic carbocycles. The number of hydrogen-bond acceptors (Lipinski definition) is 4. The molecule has 0 spiro atoms. The van der Waals surface area contributed by atoms with Crippen LogP contribution in [0.4, 0.5) is 0 Å². The van der Waals surface area contributed by atoms with Crippen LogP contribution in [0.15, 0.2) is 0 Å². The van der Waals surface area contributed by atoms with Crippen molar-refractivity contribution >= 4 is 0 Å². The van der Waals surface area contributed by atoms with Crippen LogP contribution in [-0.2, 0) is 9.47 Å². The van der Waals surface area contributed by atoms with Gasteiger partial charge in [0.05, 0.1) is 31.3 Å². The fourth-order valence-electron chi connectivity index (χ4n) is 1.50. The molecule has 0 bridgehead atoms. The van der Waals surface area contributed by atoms with Crippen molar-refractivity contribution in [3.8, 4) is 0 Å². The summed E-state index contributed by atoms with van der Waals surface area (Å²) in [4.78, 5) is 0. The largest absolute Gasteiger partial charge is 0.390 e. The second-order valence-corrected chi connectivity index (χ2v) is 2.75. The van der Waals surface area contributed by atoms with Gasteiger partial charge in [-0.1, -0.05) is 0 Å². The van der Waals surface area contributed by atoms with Crippen LogP contribution < -0.4 is 0 Å². The van der Waals surface area contributed by atoms with Gasteiger partial charge >= 0.3 is 0 Å². The van der Waals surface area contributed by atoms with Gasteiger partial charge in [-0.15, -0.1) is 0 Å². The van der Waals surface area contributed by atoms with Gasteiger partial charge < -0.3 is 19.7 Å². The van der Waals surface area contributed by atoms with Gasteiger partial charge in [0.15, 0.2) is 6.29 Å². The summed E-state index contributed by atoms with van der Waals surface area (Å²) in [5, 5.41) is 18.4. The second-order valence-electron chi connectivity index (χ2n) is 2.75. The molecule has 2 aliphatic rings. The Kier molecular flexibility index (Phi) is 1.42. The minimum Gasteiger partial charge on any atom is -0.390 e. The van der Waals surface area contributed by atoms with E-state index in [1.54, 1.807) is 0 Å². The Hall–Kier alpha value is -0.160. The highest BCUT2D eigenvalue weighted by Crippen LogP contribution is 2.31. The molecule has 4 nitrogen and oxygen atoms in total. The van der Waals surface area contributed by atoms with Crippen molar-refractivity contribution in [1.29, 1.82) is 0 Å². The summed E-state index contributed by atoms with van der Waals surface area (Å²) in [7, 11) is 0. The van der Waals surface area contributed by atoms with Gasteiger partial charge in [-0.2, -0.15) is 0 Å². The van der Waals surface area contributed by atoms with Gasteiger partial charge in [-0.3, -0.25) is 0 Å². The molecule has 0 aliphatic carbocycles. The first kappa shape index (κ1) is 6.54. The zero-order chi connectivity index (χ0) is 7.14. The van der Waals surface area contributed by atoms with Crippen LogP contribution in [0.3, 0.4) is 0 Å². The molecule has 2 N–H and O–H groups in total. The number of fused-ring (bicyclic) bond motifs is 1. The molecule has 0 unspecified atom stereocenters. The van der Waals surface area contributed by atoms with Crippen molar-refractivity contribution < 1.29 is 19.7 Å². The Bertz CT molecular complexity index is 124. The number of ether oxygens (including phenoxy) is 2. The Morgan fingerprint density at radius 2 is 1.50 bits per heavy atom. The van der Waals surface area contributed by atoms with E-state index in [9.17, 15) is 10.2 Å². The van der Waals surface area contributed by atoms with Gasteiger partial charge in [-0.05, 0) is 0 Å². The first-order chi connectivity index (χ1) is 4.79. The maximum Gasteiger partial charge on any atom is 0.165 e. The Morgan fingerprint density at radius 1 is 1.00 bits per heavy atom. The monoisotopic (exact) mass is 146 g/mol. The molecule has 2 saturated heterocycles. The quantitative estimate of drug-likeness (QED) is 0.446. The van der Waals surface area contributed by atoms with Crippen LogP contribution in [0.2, 0.25) is 0 Å². The molecular formula is C6H10O4. The molecule has 2 aliphatic heterocycles. The third-order valence-electron chi connectivity index (χ3n) is 2.07. The van der Waals surface area contributed by atoms with Crippen molar-refractivity contribution in [3.63, 3.8) is 0 Å². The predicted octanol–water partition coefficient (Wildman–Crippen LogP) is -1.29. The van der Waals surface area contributed by atoms with Gasteiger partial charge in [-0.25, -0.2) is 0 Å². The van der Waals surface area contributed by atoms with Crippen LogP contribution in [0.25, 0.3) is 0 Å². The highest BCUT2D eigenvalue weighted by Gasteiger charge is 2.46. The zero-order valence-electron chi connectivity index (χ0n) is 5.43. The predicted molar refractivity (Wildman–Crippen MR) is 31.2 cm³/mol. The summed E-state index contributed by atoms with van der Waals surface area (Å²) < 4.78 is 10.1. The molecule has 2 fully saturated rings. The molecule has 0 saturated carbocycles. The lowest BCUT2D eigenvalue weighted by molar-refractivity contribution is -0.0911. The lowest BCUT2D eigenvalue weighted by Crippen LogP contribution is -2.29. The highest BCUT2D eigenvalue weighted by atomic mass is 16.7. The van der Waals surface area contributed by atoms with E-state index in [2.05, 4.69) is 0 Å². The van der Waals surface area contributed by atoms with E-state index in [-0.39, 0.29) is 25.4 Å². The Balaban J connectivity index is 2.11. The normalized spacial score (nSPS) is 53.4. The summed E-state index contributed by atoms with van der Waals surface area (Å²) >= 11 is 0. The summed E-state index contributed by atoms with van der Waals surface area (Å²) in [5.74, 6) is -0.222. The third-order valence-corrected chi connectivity index (χ3v) is 2.07. The molecule has 58 valence electrons. The van der Waals surface area contributed by atoms with Crippen molar-refractivity contribution in [2.45, 2.75) is 18.5 Å². The van der Waals surface area contributed by atoms with Crippen molar-refractivity contribution in [2.24, 2.45) is 5.92 Å². The Morgan fingerprint density at radius 3 is 1.90 bits per heavy atom. The van der Waals surface area contributed by atoms with E-state index in [1.165, 1.54) is 0 Å².